The van der Waals surface area contributed by atoms with Crippen LogP contribution in [0.25, 0.3) is 17.8 Å². The number of nitrogens with two attached hydrogens (primary N) is 1. The number of fused-ring (bicyclic) bond motifs is 1. The van der Waals surface area contributed by atoms with Crippen LogP contribution in [0.3, 0.4) is 0 Å². The fourth-order valence-electron chi connectivity index (χ4n) is 3.52. The monoisotopic (exact) mass is 383 g/mol. The van der Waals surface area contributed by atoms with E-state index in [9.17, 15) is 0 Å². The second-order valence-electron chi connectivity index (χ2n) is 7.13. The zero-order chi connectivity index (χ0) is 20.4. The molecular formula is C23H37N5. The van der Waals surface area contributed by atoms with Gasteiger partial charge in [0.25, 0.3) is 0 Å². The van der Waals surface area contributed by atoms with Gasteiger partial charge in [0.2, 0.25) is 0 Å². The molecule has 3 aliphatic rings. The maximum absolute atomic E-state index is 5.95. The Morgan fingerprint density at radius 1 is 1.14 bits per heavy atom. The van der Waals surface area contributed by atoms with Crippen LogP contribution in [0.1, 0.15) is 32.3 Å². The van der Waals surface area contributed by atoms with Crippen LogP contribution >= 0.6 is 0 Å². The SMILES string of the molecule is CC.CN1C=C(c2ccc3c(c2)=CCNC=3)C=C(N)C1.CNC1CCNCC1. The predicted octanol–water partition coefficient (Wildman–Crippen LogP) is 0.921. The normalized spacial score (nSPS) is 18.4. The summed E-state index contributed by atoms with van der Waals surface area (Å²) in [5.74, 6) is 0. The third-order valence-corrected chi connectivity index (χ3v) is 5.00. The van der Waals surface area contributed by atoms with Gasteiger partial charge in [-0.1, -0.05) is 32.1 Å². The van der Waals surface area contributed by atoms with Crippen molar-refractivity contribution in [2.45, 2.75) is 32.7 Å². The molecule has 0 saturated carbocycles. The summed E-state index contributed by atoms with van der Waals surface area (Å²) in [5.41, 5.74) is 9.25. The molecular weight excluding hydrogens is 346 g/mol. The Bertz CT molecular complexity index is 788. The lowest BCUT2D eigenvalue weighted by molar-refractivity contribution is 0.409. The molecule has 0 atom stereocenters. The number of benzene rings is 1. The van der Waals surface area contributed by atoms with Crippen LogP contribution in [0, 0.1) is 0 Å². The number of piperidine rings is 1. The Kier molecular flexibility index (Phi) is 9.11. The van der Waals surface area contributed by atoms with Gasteiger partial charge in [-0.25, -0.2) is 0 Å². The van der Waals surface area contributed by atoms with Gasteiger partial charge in [-0.3, -0.25) is 0 Å². The van der Waals surface area contributed by atoms with E-state index in [-0.39, 0.29) is 0 Å². The van der Waals surface area contributed by atoms with E-state index in [1.807, 2.05) is 27.9 Å². The summed E-state index contributed by atoms with van der Waals surface area (Å²) in [6, 6.07) is 7.29. The molecule has 1 aromatic carbocycles. The minimum atomic E-state index is 0.774. The Hall–Kier alpha value is -2.24. The van der Waals surface area contributed by atoms with Crippen molar-refractivity contribution in [3.8, 4) is 0 Å². The van der Waals surface area contributed by atoms with E-state index in [0.29, 0.717) is 0 Å². The van der Waals surface area contributed by atoms with E-state index in [1.165, 1.54) is 47.5 Å². The Labute approximate surface area is 170 Å². The highest BCUT2D eigenvalue weighted by molar-refractivity contribution is 5.75. The van der Waals surface area contributed by atoms with Crippen molar-refractivity contribution in [1.82, 2.24) is 20.9 Å². The van der Waals surface area contributed by atoms with Gasteiger partial charge in [-0.15, -0.1) is 0 Å². The van der Waals surface area contributed by atoms with Crippen molar-refractivity contribution < 1.29 is 0 Å². The van der Waals surface area contributed by atoms with Gasteiger partial charge in [0.1, 0.15) is 0 Å². The number of allylic oxidation sites excluding steroid dienone is 2. The first-order chi connectivity index (χ1) is 13.7. The van der Waals surface area contributed by atoms with Crippen molar-refractivity contribution in [2.75, 3.05) is 40.3 Å². The highest BCUT2D eigenvalue weighted by Gasteiger charge is 2.09. The number of nitrogens with zero attached hydrogens (tertiary/aromatic N) is 1. The van der Waals surface area contributed by atoms with Crippen LogP contribution in [0.2, 0.25) is 0 Å². The lowest BCUT2D eigenvalue weighted by Gasteiger charge is -2.21. The maximum atomic E-state index is 5.95. The molecule has 0 aromatic heterocycles. The molecule has 0 spiro atoms. The Morgan fingerprint density at radius 3 is 2.54 bits per heavy atom. The van der Waals surface area contributed by atoms with Gasteiger partial charge in [-0.05, 0) is 66.7 Å². The van der Waals surface area contributed by atoms with Gasteiger partial charge in [0.15, 0.2) is 0 Å². The second-order valence-corrected chi connectivity index (χ2v) is 7.13. The highest BCUT2D eigenvalue weighted by atomic mass is 15.1. The fourth-order valence-corrected chi connectivity index (χ4v) is 3.52. The summed E-state index contributed by atoms with van der Waals surface area (Å²) in [5, 5.41) is 12.3. The van der Waals surface area contributed by atoms with Crippen LogP contribution in [-0.4, -0.2) is 51.2 Å². The van der Waals surface area contributed by atoms with Crippen LogP contribution in [0.5, 0.6) is 0 Å². The fraction of sp³-hybridized carbons (Fsp3) is 0.478. The molecule has 0 aliphatic carbocycles. The first-order valence-electron chi connectivity index (χ1n) is 10.5. The minimum absolute atomic E-state index is 0.774. The molecule has 5 nitrogen and oxygen atoms in total. The van der Waals surface area contributed by atoms with Crippen LogP contribution in [0.15, 0.2) is 36.2 Å². The van der Waals surface area contributed by atoms with Gasteiger partial charge in [0.05, 0.1) is 6.54 Å². The topological polar surface area (TPSA) is 65.3 Å². The molecule has 5 N–H and O–H groups in total. The molecule has 4 rings (SSSR count). The molecule has 1 saturated heterocycles. The van der Waals surface area contributed by atoms with Gasteiger partial charge < -0.3 is 26.6 Å². The van der Waals surface area contributed by atoms with Gasteiger partial charge in [-0.2, -0.15) is 0 Å². The number of nitrogens with one attached hydrogen (secondary N) is 3. The molecule has 0 amide bonds. The molecule has 1 aromatic rings. The predicted molar refractivity (Wildman–Crippen MR) is 122 cm³/mol. The molecule has 0 unspecified atom stereocenters. The number of hydrogen-bond donors (Lipinski definition) is 4. The van der Waals surface area contributed by atoms with E-state index in [4.69, 9.17) is 5.73 Å². The highest BCUT2D eigenvalue weighted by Crippen LogP contribution is 2.19. The average Bonchev–Trinajstić information content (AvgIpc) is 2.75. The summed E-state index contributed by atoms with van der Waals surface area (Å²) in [6.07, 6.45) is 11.0. The maximum Gasteiger partial charge on any atom is 0.0566 e. The van der Waals surface area contributed by atoms with Crippen LogP contribution in [-0.2, 0) is 0 Å². The summed E-state index contributed by atoms with van der Waals surface area (Å²) >= 11 is 0. The molecule has 0 radical (unpaired) electrons. The quantitative estimate of drug-likeness (QED) is 0.612. The van der Waals surface area contributed by atoms with E-state index >= 15 is 0 Å². The van der Waals surface area contributed by atoms with Crippen molar-refractivity contribution in [2.24, 2.45) is 5.73 Å². The first kappa shape index (κ1) is 22.1. The average molecular weight is 384 g/mol. The second kappa shape index (κ2) is 11.6. The summed E-state index contributed by atoms with van der Waals surface area (Å²) in [6.45, 7) is 8.07. The molecule has 0 bridgehead atoms. The zero-order valence-electron chi connectivity index (χ0n) is 17.9. The van der Waals surface area contributed by atoms with Crippen molar-refractivity contribution >= 4 is 17.8 Å². The Balaban J connectivity index is 0.000000236. The third-order valence-electron chi connectivity index (χ3n) is 5.00. The smallest absolute Gasteiger partial charge is 0.0566 e. The van der Waals surface area contributed by atoms with E-state index in [0.717, 1.165) is 24.8 Å². The largest absolute Gasteiger partial charge is 0.401 e. The first-order valence-corrected chi connectivity index (χ1v) is 10.5. The van der Waals surface area contributed by atoms with E-state index < -0.39 is 0 Å². The molecule has 3 heterocycles. The van der Waals surface area contributed by atoms with Crippen molar-refractivity contribution in [3.05, 3.63) is 52.2 Å². The standard InChI is InChI=1S/C15H17N3.C6H14N2.C2H6/c1-18-9-14(7-15(16)10-18)11-2-3-13-8-17-5-4-12(13)6-11;1-7-6-2-4-8-5-3-6;1-2/h2-4,6-9,17H,5,10,16H2,1H3;6-8H,2-5H2,1H3;1-2H3. The lowest BCUT2D eigenvalue weighted by atomic mass is 10.0. The molecule has 28 heavy (non-hydrogen) atoms. The van der Waals surface area contributed by atoms with Crippen LogP contribution in [0.4, 0.5) is 0 Å². The van der Waals surface area contributed by atoms with Gasteiger partial charge in [0, 0.05) is 37.7 Å². The van der Waals surface area contributed by atoms with Crippen LogP contribution < -0.4 is 32.1 Å². The molecule has 154 valence electrons. The number of likely N-dealkylation sites (N-methyl/N-ethyl adjacent to an activating group) is 1. The summed E-state index contributed by atoms with van der Waals surface area (Å²) in [7, 11) is 4.08. The summed E-state index contributed by atoms with van der Waals surface area (Å²) < 4.78 is 0. The van der Waals surface area contributed by atoms with Crippen molar-refractivity contribution in [3.63, 3.8) is 0 Å². The van der Waals surface area contributed by atoms with Gasteiger partial charge >= 0.3 is 0 Å². The minimum Gasteiger partial charge on any atom is -0.401 e. The molecule has 3 aliphatic heterocycles. The Morgan fingerprint density at radius 2 is 1.89 bits per heavy atom. The number of hydrogen-bond acceptors (Lipinski definition) is 5. The third kappa shape index (κ3) is 6.43. The molecule has 1 fully saturated rings. The molecule has 5 heteroatoms. The van der Waals surface area contributed by atoms with E-state index in [1.54, 1.807) is 0 Å². The number of rotatable bonds is 2. The summed E-state index contributed by atoms with van der Waals surface area (Å²) in [4.78, 5) is 2.11. The zero-order valence-corrected chi connectivity index (χ0v) is 17.9. The van der Waals surface area contributed by atoms with E-state index in [2.05, 4.69) is 63.6 Å². The van der Waals surface area contributed by atoms with Crippen molar-refractivity contribution in [1.29, 1.82) is 0 Å². The lowest BCUT2D eigenvalue weighted by Crippen LogP contribution is -2.37.